The van der Waals surface area contributed by atoms with E-state index in [0.29, 0.717) is 0 Å². The van der Waals surface area contributed by atoms with E-state index in [1.165, 1.54) is 0 Å². The van der Waals surface area contributed by atoms with Crippen LogP contribution in [0.15, 0.2) is 11.6 Å². The van der Waals surface area contributed by atoms with Gasteiger partial charge in [0.2, 0.25) is 0 Å². The van der Waals surface area contributed by atoms with Gasteiger partial charge < -0.3 is 10.0 Å². The first-order valence-electron chi connectivity index (χ1n) is 6.06. The molecule has 0 aliphatic carbocycles. The van der Waals surface area contributed by atoms with Crippen molar-refractivity contribution in [3.8, 4) is 0 Å². The van der Waals surface area contributed by atoms with Gasteiger partial charge in [-0.1, -0.05) is 13.3 Å². The number of aromatic nitrogens is 1. The number of anilines is 1. The van der Waals surface area contributed by atoms with E-state index in [1.54, 1.807) is 17.5 Å². The van der Waals surface area contributed by atoms with E-state index in [0.717, 1.165) is 43.9 Å². The summed E-state index contributed by atoms with van der Waals surface area (Å²) in [7, 11) is 0. The van der Waals surface area contributed by atoms with Crippen molar-refractivity contribution in [1.29, 1.82) is 0 Å². The van der Waals surface area contributed by atoms with Crippen LogP contribution in [0, 0.1) is 5.41 Å². The Balaban J connectivity index is 2.03. The predicted molar refractivity (Wildman–Crippen MR) is 68.5 cm³/mol. The highest BCUT2D eigenvalue weighted by Gasteiger charge is 2.40. The summed E-state index contributed by atoms with van der Waals surface area (Å²) in [5.74, 6) is -0.627. The fourth-order valence-electron chi connectivity index (χ4n) is 2.55. The van der Waals surface area contributed by atoms with E-state index in [2.05, 4.69) is 16.8 Å². The van der Waals surface area contributed by atoms with Crippen LogP contribution in [-0.4, -0.2) is 29.1 Å². The van der Waals surface area contributed by atoms with Gasteiger partial charge in [0.1, 0.15) is 0 Å². The Hall–Kier alpha value is -1.10. The topological polar surface area (TPSA) is 53.4 Å². The average molecular weight is 254 g/mol. The molecule has 17 heavy (non-hydrogen) atoms. The summed E-state index contributed by atoms with van der Waals surface area (Å²) < 4.78 is 0. The molecule has 0 spiro atoms. The summed E-state index contributed by atoms with van der Waals surface area (Å²) in [6.07, 6.45) is 4.98. The quantitative estimate of drug-likeness (QED) is 0.897. The Kier molecular flexibility index (Phi) is 3.66. The second kappa shape index (κ2) is 5.04. The van der Waals surface area contributed by atoms with E-state index < -0.39 is 11.4 Å². The van der Waals surface area contributed by atoms with Crippen molar-refractivity contribution in [2.24, 2.45) is 5.41 Å². The summed E-state index contributed by atoms with van der Waals surface area (Å²) in [4.78, 5) is 17.9. The summed E-state index contributed by atoms with van der Waals surface area (Å²) in [5, 5.41) is 12.4. The van der Waals surface area contributed by atoms with Crippen molar-refractivity contribution in [2.45, 2.75) is 32.6 Å². The lowest BCUT2D eigenvalue weighted by atomic mass is 9.75. The molecule has 4 nitrogen and oxygen atoms in total. The number of carbonyl (C=O) groups is 1. The molecule has 1 aliphatic heterocycles. The molecule has 1 saturated heterocycles. The number of aliphatic carboxylic acids is 1. The van der Waals surface area contributed by atoms with Crippen LogP contribution in [0.25, 0.3) is 0 Å². The maximum absolute atomic E-state index is 11.4. The van der Waals surface area contributed by atoms with Crippen molar-refractivity contribution in [1.82, 2.24) is 4.98 Å². The van der Waals surface area contributed by atoms with E-state index in [9.17, 15) is 9.90 Å². The molecule has 0 unspecified atom stereocenters. The zero-order chi connectivity index (χ0) is 12.3. The maximum atomic E-state index is 11.4. The Labute approximate surface area is 105 Å². The lowest BCUT2D eigenvalue weighted by molar-refractivity contribution is -0.150. The standard InChI is InChI=1S/C12H18N2O2S/c1-2-3-12(10(15)16)4-7-14(8-5-12)11-13-6-9-17-11/h6,9H,2-5,7-8H2,1H3,(H,15,16). The largest absolute Gasteiger partial charge is 0.481 e. The van der Waals surface area contributed by atoms with Gasteiger partial charge in [-0.05, 0) is 19.3 Å². The zero-order valence-electron chi connectivity index (χ0n) is 10.1. The number of thiazole rings is 1. The second-order valence-corrected chi connectivity index (χ2v) is 5.51. The molecule has 5 heteroatoms. The third-order valence-corrected chi connectivity index (χ3v) is 4.42. The molecule has 94 valence electrons. The molecular formula is C12H18N2O2S. The highest BCUT2D eigenvalue weighted by molar-refractivity contribution is 7.13. The van der Waals surface area contributed by atoms with Crippen molar-refractivity contribution in [2.75, 3.05) is 18.0 Å². The van der Waals surface area contributed by atoms with Crippen molar-refractivity contribution >= 4 is 22.4 Å². The molecule has 2 rings (SSSR count). The minimum atomic E-state index is -0.627. The highest BCUT2D eigenvalue weighted by Crippen LogP contribution is 2.38. The van der Waals surface area contributed by atoms with Gasteiger partial charge in [-0.2, -0.15) is 0 Å². The fraction of sp³-hybridized carbons (Fsp3) is 0.667. The molecule has 0 radical (unpaired) electrons. The molecule has 1 N–H and O–H groups in total. The monoisotopic (exact) mass is 254 g/mol. The van der Waals surface area contributed by atoms with Crippen LogP contribution in [0.5, 0.6) is 0 Å². The SMILES string of the molecule is CCCC1(C(=O)O)CCN(c2nccs2)CC1. The number of hydrogen-bond donors (Lipinski definition) is 1. The van der Waals surface area contributed by atoms with Crippen LogP contribution in [0.1, 0.15) is 32.6 Å². The first-order valence-corrected chi connectivity index (χ1v) is 6.94. The number of nitrogens with zero attached hydrogens (tertiary/aromatic N) is 2. The predicted octanol–water partition coefficient (Wildman–Crippen LogP) is 2.61. The molecular weight excluding hydrogens is 236 g/mol. The molecule has 2 heterocycles. The first kappa shape index (κ1) is 12.4. The molecule has 0 atom stereocenters. The lowest BCUT2D eigenvalue weighted by Crippen LogP contribution is -2.44. The summed E-state index contributed by atoms with van der Waals surface area (Å²) >= 11 is 1.62. The van der Waals surface area contributed by atoms with E-state index in [1.807, 2.05) is 5.38 Å². The molecule has 1 aliphatic rings. The zero-order valence-corrected chi connectivity index (χ0v) is 10.9. The first-order chi connectivity index (χ1) is 8.18. The van der Waals surface area contributed by atoms with Crippen LogP contribution >= 0.6 is 11.3 Å². The molecule has 0 aromatic carbocycles. The van der Waals surface area contributed by atoms with Gasteiger partial charge >= 0.3 is 5.97 Å². The number of carboxylic acid groups (broad SMARTS) is 1. The summed E-state index contributed by atoms with van der Waals surface area (Å²) in [6, 6.07) is 0. The van der Waals surface area contributed by atoms with E-state index in [4.69, 9.17) is 0 Å². The molecule has 0 bridgehead atoms. The Morgan fingerprint density at radius 3 is 2.76 bits per heavy atom. The smallest absolute Gasteiger partial charge is 0.309 e. The van der Waals surface area contributed by atoms with Gasteiger partial charge in [-0.25, -0.2) is 4.98 Å². The van der Waals surface area contributed by atoms with Crippen LogP contribution < -0.4 is 4.90 Å². The summed E-state index contributed by atoms with van der Waals surface area (Å²) in [6.45, 7) is 3.66. The highest BCUT2D eigenvalue weighted by atomic mass is 32.1. The summed E-state index contributed by atoms with van der Waals surface area (Å²) in [5.41, 5.74) is -0.498. The van der Waals surface area contributed by atoms with Crippen LogP contribution in [-0.2, 0) is 4.79 Å². The van der Waals surface area contributed by atoms with Gasteiger partial charge in [0.15, 0.2) is 5.13 Å². The number of hydrogen-bond acceptors (Lipinski definition) is 4. The van der Waals surface area contributed by atoms with Gasteiger partial charge in [0.25, 0.3) is 0 Å². The molecule has 1 aromatic heterocycles. The number of rotatable bonds is 4. The molecule has 1 aromatic rings. The Bertz CT molecular complexity index is 370. The molecule has 1 fully saturated rings. The number of carboxylic acids is 1. The van der Waals surface area contributed by atoms with Crippen LogP contribution in [0.3, 0.4) is 0 Å². The Morgan fingerprint density at radius 2 is 2.29 bits per heavy atom. The Morgan fingerprint density at radius 1 is 1.59 bits per heavy atom. The van der Waals surface area contributed by atoms with Gasteiger partial charge in [0, 0.05) is 24.7 Å². The van der Waals surface area contributed by atoms with E-state index >= 15 is 0 Å². The fourth-order valence-corrected chi connectivity index (χ4v) is 3.24. The maximum Gasteiger partial charge on any atom is 0.309 e. The third kappa shape index (κ3) is 2.44. The van der Waals surface area contributed by atoms with Crippen molar-refractivity contribution in [3.05, 3.63) is 11.6 Å². The molecule has 0 amide bonds. The normalized spacial score (nSPS) is 19.2. The van der Waals surface area contributed by atoms with Gasteiger partial charge in [0.05, 0.1) is 5.41 Å². The van der Waals surface area contributed by atoms with Gasteiger partial charge in [-0.3, -0.25) is 4.79 Å². The van der Waals surface area contributed by atoms with Gasteiger partial charge in [-0.15, -0.1) is 11.3 Å². The average Bonchev–Trinajstić information content (AvgIpc) is 2.83. The lowest BCUT2D eigenvalue weighted by Gasteiger charge is -2.38. The van der Waals surface area contributed by atoms with Crippen LogP contribution in [0.4, 0.5) is 5.13 Å². The van der Waals surface area contributed by atoms with Crippen molar-refractivity contribution in [3.63, 3.8) is 0 Å². The van der Waals surface area contributed by atoms with Crippen molar-refractivity contribution < 1.29 is 9.90 Å². The minimum Gasteiger partial charge on any atom is -0.481 e. The second-order valence-electron chi connectivity index (χ2n) is 4.64. The third-order valence-electron chi connectivity index (χ3n) is 3.59. The van der Waals surface area contributed by atoms with Crippen LogP contribution in [0.2, 0.25) is 0 Å². The minimum absolute atomic E-state index is 0.498. The number of piperidine rings is 1. The van der Waals surface area contributed by atoms with E-state index in [-0.39, 0.29) is 0 Å². The molecule has 0 saturated carbocycles.